The number of aromatic hydroxyl groups is 1. The monoisotopic (exact) mass is 446 g/mol. The summed E-state index contributed by atoms with van der Waals surface area (Å²) in [6.45, 7) is 5.95. The minimum absolute atomic E-state index is 0.221. The molecule has 13 nitrogen and oxygen atoms in total. The lowest BCUT2D eigenvalue weighted by Crippen LogP contribution is -2.38. The molecule has 0 aliphatic carbocycles. The van der Waals surface area contributed by atoms with Crippen LogP contribution in [0, 0.1) is 30.3 Å². The van der Waals surface area contributed by atoms with Crippen LogP contribution in [0.2, 0.25) is 0 Å². The predicted octanol–water partition coefficient (Wildman–Crippen LogP) is 3.73. The molecular formula is C19H18N4O9. The van der Waals surface area contributed by atoms with E-state index in [4.69, 9.17) is 9.84 Å². The van der Waals surface area contributed by atoms with Crippen molar-refractivity contribution in [2.75, 3.05) is 6.61 Å². The number of para-hydroxylation sites is 1. The smallest absolute Gasteiger partial charge is 0.324 e. The molecule has 0 spiro atoms. The van der Waals surface area contributed by atoms with Crippen LogP contribution in [-0.4, -0.2) is 38.2 Å². The molecule has 1 atom stereocenters. The Labute approximate surface area is 180 Å². The van der Waals surface area contributed by atoms with Gasteiger partial charge in [-0.3, -0.25) is 40.1 Å². The van der Waals surface area contributed by atoms with Crippen LogP contribution in [0.1, 0.15) is 26.3 Å². The zero-order valence-corrected chi connectivity index (χ0v) is 17.2. The van der Waals surface area contributed by atoms with Crippen LogP contribution in [0.4, 0.5) is 22.7 Å². The Morgan fingerprint density at radius 2 is 1.59 bits per heavy atom. The van der Waals surface area contributed by atoms with Crippen LogP contribution in [0.3, 0.4) is 0 Å². The fraction of sp³-hybridized carbons (Fsp3) is 0.263. The first kappa shape index (κ1) is 23.9. The number of nitro benzene ring substituents is 3. The molecule has 1 aliphatic rings. The predicted molar refractivity (Wildman–Crippen MR) is 111 cm³/mol. The third-order valence-electron chi connectivity index (χ3n) is 4.80. The number of nitrogens with zero attached hydrogens (tertiary/aromatic N) is 4. The number of ether oxygens (including phenoxy) is 1. The van der Waals surface area contributed by atoms with Gasteiger partial charge in [-0.25, -0.2) is 0 Å². The minimum atomic E-state index is -1.21. The maximum atomic E-state index is 12.0. The number of hydrogen-bond donors (Lipinski definition) is 1. The van der Waals surface area contributed by atoms with Gasteiger partial charge in [-0.1, -0.05) is 18.2 Å². The number of aliphatic imine (C=N–C) groups is 1. The van der Waals surface area contributed by atoms with Gasteiger partial charge in [0.2, 0.25) is 0 Å². The van der Waals surface area contributed by atoms with E-state index in [0.29, 0.717) is 18.7 Å². The quantitative estimate of drug-likeness (QED) is 0.405. The van der Waals surface area contributed by atoms with E-state index in [9.17, 15) is 35.1 Å². The van der Waals surface area contributed by atoms with Crippen molar-refractivity contribution in [2.45, 2.75) is 26.2 Å². The van der Waals surface area contributed by atoms with Gasteiger partial charge in [0, 0.05) is 11.3 Å². The molecule has 1 N–H and O–H groups in total. The van der Waals surface area contributed by atoms with Crippen molar-refractivity contribution in [3.8, 4) is 5.75 Å². The number of non-ortho nitro benzene ring substituents is 1. The standard InChI is InChI=1S/C13H15NO2.C6H3N3O7/c1-4-16-12(15)13(3)9(2)14-11-8-6-5-7-10(11)13;10-6-4(8(13)14)1-3(7(11)12)2-5(6)9(15)16/h5-8H,4H2,1-3H3;1-2,10H. The summed E-state index contributed by atoms with van der Waals surface area (Å²) >= 11 is 0. The molecule has 0 saturated heterocycles. The molecule has 1 unspecified atom stereocenters. The molecule has 32 heavy (non-hydrogen) atoms. The number of esters is 1. The maximum Gasteiger partial charge on any atom is 0.324 e. The van der Waals surface area contributed by atoms with Crippen LogP contribution in [0.15, 0.2) is 41.4 Å². The highest BCUT2D eigenvalue weighted by Crippen LogP contribution is 2.41. The van der Waals surface area contributed by atoms with E-state index in [2.05, 4.69) is 4.99 Å². The highest BCUT2D eigenvalue weighted by Gasteiger charge is 2.44. The molecule has 0 amide bonds. The van der Waals surface area contributed by atoms with Crippen LogP contribution in [0.5, 0.6) is 5.75 Å². The van der Waals surface area contributed by atoms with Crippen molar-refractivity contribution in [2.24, 2.45) is 4.99 Å². The number of nitro groups is 3. The van der Waals surface area contributed by atoms with Crippen LogP contribution < -0.4 is 0 Å². The van der Waals surface area contributed by atoms with Crippen molar-refractivity contribution in [3.05, 3.63) is 72.3 Å². The van der Waals surface area contributed by atoms with Crippen LogP contribution in [-0.2, 0) is 14.9 Å². The average molecular weight is 446 g/mol. The largest absolute Gasteiger partial charge is 0.497 e. The Balaban J connectivity index is 0.000000227. The fourth-order valence-corrected chi connectivity index (χ4v) is 2.99. The molecule has 0 fully saturated rings. The highest BCUT2D eigenvalue weighted by atomic mass is 16.6. The second-order valence-corrected chi connectivity index (χ2v) is 6.66. The first-order valence-corrected chi connectivity index (χ1v) is 9.07. The Kier molecular flexibility index (Phi) is 6.83. The van der Waals surface area contributed by atoms with Crippen molar-refractivity contribution < 1.29 is 29.4 Å². The van der Waals surface area contributed by atoms with Crippen LogP contribution >= 0.6 is 0 Å². The van der Waals surface area contributed by atoms with E-state index >= 15 is 0 Å². The summed E-state index contributed by atoms with van der Waals surface area (Å²) in [5, 5.41) is 40.2. The van der Waals surface area contributed by atoms with E-state index < -0.39 is 43.0 Å². The molecular weight excluding hydrogens is 428 g/mol. The van der Waals surface area contributed by atoms with Gasteiger partial charge in [0.15, 0.2) is 0 Å². The minimum Gasteiger partial charge on any atom is -0.497 e. The van der Waals surface area contributed by atoms with E-state index in [0.717, 1.165) is 17.0 Å². The number of fused-ring (bicyclic) bond motifs is 1. The molecule has 168 valence electrons. The second-order valence-electron chi connectivity index (χ2n) is 6.66. The molecule has 1 heterocycles. The molecule has 2 aromatic rings. The molecule has 13 heteroatoms. The third-order valence-corrected chi connectivity index (χ3v) is 4.80. The van der Waals surface area contributed by atoms with Gasteiger partial charge in [-0.15, -0.1) is 0 Å². The Morgan fingerprint density at radius 1 is 1.06 bits per heavy atom. The van der Waals surface area contributed by atoms with Crippen LogP contribution in [0.25, 0.3) is 0 Å². The lowest BCUT2D eigenvalue weighted by molar-refractivity contribution is -0.404. The average Bonchev–Trinajstić information content (AvgIpc) is 2.99. The molecule has 0 aromatic heterocycles. The van der Waals surface area contributed by atoms with Gasteiger partial charge >= 0.3 is 17.3 Å². The SMILES string of the molecule is CCOC(=O)C1(C)C(C)=Nc2ccccc21.O=[N+]([O-])c1cc([N+](=O)[O-])c(O)c([N+](=O)[O-])c1. The number of benzene rings is 2. The summed E-state index contributed by atoms with van der Waals surface area (Å²) in [6.07, 6.45) is 0. The third kappa shape index (κ3) is 4.35. The van der Waals surface area contributed by atoms with Gasteiger partial charge < -0.3 is 9.84 Å². The zero-order valence-electron chi connectivity index (χ0n) is 17.2. The molecule has 1 aliphatic heterocycles. The first-order valence-electron chi connectivity index (χ1n) is 9.07. The number of phenols is 1. The molecule has 0 radical (unpaired) electrons. The Hall–Kier alpha value is -4.42. The van der Waals surface area contributed by atoms with E-state index in [-0.39, 0.29) is 5.97 Å². The summed E-state index contributed by atoms with van der Waals surface area (Å²) in [5.41, 5.74) is -1.11. The number of hydrogen-bond acceptors (Lipinski definition) is 10. The number of carbonyl (C=O) groups excluding carboxylic acids is 1. The van der Waals surface area contributed by atoms with Gasteiger partial charge in [0.05, 0.1) is 39.2 Å². The molecule has 0 saturated carbocycles. The van der Waals surface area contributed by atoms with Crippen molar-refractivity contribution in [1.82, 2.24) is 0 Å². The number of phenolic OH excluding ortho intramolecular Hbond substituents is 1. The van der Waals surface area contributed by atoms with Crippen molar-refractivity contribution in [3.63, 3.8) is 0 Å². The molecule has 2 aromatic carbocycles. The van der Waals surface area contributed by atoms with E-state index in [1.165, 1.54) is 0 Å². The summed E-state index contributed by atoms with van der Waals surface area (Å²) < 4.78 is 5.14. The summed E-state index contributed by atoms with van der Waals surface area (Å²) in [5.74, 6) is -1.43. The second kappa shape index (κ2) is 9.16. The van der Waals surface area contributed by atoms with Gasteiger partial charge in [-0.05, 0) is 26.8 Å². The van der Waals surface area contributed by atoms with Gasteiger partial charge in [-0.2, -0.15) is 0 Å². The number of rotatable bonds is 5. The van der Waals surface area contributed by atoms with E-state index in [1.807, 2.05) is 45.0 Å². The van der Waals surface area contributed by atoms with Crippen molar-refractivity contribution in [1.29, 1.82) is 0 Å². The lowest BCUT2D eigenvalue weighted by atomic mass is 9.80. The molecule has 0 bridgehead atoms. The molecule has 3 rings (SSSR count). The normalized spacial score (nSPS) is 16.2. The van der Waals surface area contributed by atoms with Crippen molar-refractivity contribution >= 4 is 34.4 Å². The lowest BCUT2D eigenvalue weighted by Gasteiger charge is -2.23. The maximum absolute atomic E-state index is 12.0. The number of carbonyl (C=O) groups is 1. The first-order chi connectivity index (χ1) is 14.9. The van der Waals surface area contributed by atoms with Gasteiger partial charge in [0.25, 0.3) is 11.4 Å². The Morgan fingerprint density at radius 3 is 2.06 bits per heavy atom. The summed E-state index contributed by atoms with van der Waals surface area (Å²) in [7, 11) is 0. The fourth-order valence-electron chi connectivity index (χ4n) is 2.99. The summed E-state index contributed by atoms with van der Waals surface area (Å²) in [6, 6.07) is 8.59. The van der Waals surface area contributed by atoms with E-state index in [1.54, 1.807) is 0 Å². The highest BCUT2D eigenvalue weighted by molar-refractivity contribution is 6.15. The topological polar surface area (TPSA) is 188 Å². The summed E-state index contributed by atoms with van der Waals surface area (Å²) in [4.78, 5) is 44.2. The van der Waals surface area contributed by atoms with Gasteiger partial charge in [0.1, 0.15) is 5.41 Å². The Bertz CT molecular complexity index is 1110. The zero-order chi connectivity index (χ0) is 24.2.